The summed E-state index contributed by atoms with van der Waals surface area (Å²) in [7, 11) is 0. The number of phenols is 1. The standard InChI is InChI=1S/C29H29Br2N3O7.C2H6/c1-15-7-17-10-21(32)27(36)34-23(14-40-13-16-5-3-2-4-6-16)28(37)33-22(29(38)39)11-18-8-19(30)26(20(31)9-18)41-24(12-17)25(15)35;1-2/h2-9,12,21-23,35H,10-11,13-14,32H2,1H3,(H,33,37)(H,34,36)(H,38,39);1-2H3. The Morgan fingerprint density at radius 1 is 1.00 bits per heavy atom. The summed E-state index contributed by atoms with van der Waals surface area (Å²) in [6, 6.07) is 12.3. The van der Waals surface area contributed by atoms with Gasteiger partial charge in [0.05, 0.1) is 28.2 Å². The molecule has 0 saturated heterocycles. The van der Waals surface area contributed by atoms with E-state index in [1.165, 1.54) is 0 Å². The zero-order chi connectivity index (χ0) is 31.7. The number of aryl methyl sites for hydroxylation is 1. The van der Waals surface area contributed by atoms with Crippen LogP contribution >= 0.6 is 31.9 Å². The molecule has 5 rings (SSSR count). The van der Waals surface area contributed by atoms with Crippen LogP contribution in [0.15, 0.2) is 63.5 Å². The normalized spacial score (nSPS) is 18.8. The smallest absolute Gasteiger partial charge is 0.326 e. The van der Waals surface area contributed by atoms with Gasteiger partial charge in [-0.1, -0.05) is 50.2 Å². The largest absolute Gasteiger partial charge is 0.504 e. The molecular formula is C31H35Br2N3O7. The third-order valence-corrected chi connectivity index (χ3v) is 7.65. The van der Waals surface area contributed by atoms with E-state index in [1.807, 2.05) is 44.2 Å². The van der Waals surface area contributed by atoms with Gasteiger partial charge in [0, 0.05) is 6.42 Å². The van der Waals surface area contributed by atoms with Crippen LogP contribution < -0.4 is 21.1 Å². The Kier molecular flexibility index (Phi) is 12.6. The molecule has 10 nitrogen and oxygen atoms in total. The highest BCUT2D eigenvalue weighted by molar-refractivity contribution is 9.11. The van der Waals surface area contributed by atoms with Gasteiger partial charge in [-0.3, -0.25) is 9.59 Å². The summed E-state index contributed by atoms with van der Waals surface area (Å²) in [5.41, 5.74) is 8.80. The number of carbonyl (C=O) groups is 3. The molecule has 4 bridgehead atoms. The lowest BCUT2D eigenvalue weighted by Crippen LogP contribution is -2.56. The van der Waals surface area contributed by atoms with Gasteiger partial charge in [0.15, 0.2) is 17.2 Å². The number of hydrogen-bond donors (Lipinski definition) is 5. The monoisotopic (exact) mass is 719 g/mol. The molecule has 12 heteroatoms. The van der Waals surface area contributed by atoms with Gasteiger partial charge in [0.2, 0.25) is 11.8 Å². The van der Waals surface area contributed by atoms with Crippen molar-refractivity contribution in [3.05, 3.63) is 85.8 Å². The second-order valence-electron chi connectivity index (χ2n) is 9.73. The van der Waals surface area contributed by atoms with E-state index in [4.69, 9.17) is 15.2 Å². The van der Waals surface area contributed by atoms with E-state index in [1.54, 1.807) is 31.2 Å². The minimum absolute atomic E-state index is 0.0660. The van der Waals surface area contributed by atoms with Gasteiger partial charge >= 0.3 is 5.97 Å². The van der Waals surface area contributed by atoms with E-state index in [-0.39, 0.29) is 37.6 Å². The first-order valence-corrected chi connectivity index (χ1v) is 15.3. The van der Waals surface area contributed by atoms with Crippen LogP contribution in [0.5, 0.6) is 17.2 Å². The van der Waals surface area contributed by atoms with Crippen LogP contribution in [0.1, 0.15) is 36.1 Å². The van der Waals surface area contributed by atoms with Gasteiger partial charge in [-0.15, -0.1) is 0 Å². The lowest BCUT2D eigenvalue weighted by Gasteiger charge is -2.23. The van der Waals surface area contributed by atoms with Crippen molar-refractivity contribution in [3.63, 3.8) is 0 Å². The molecule has 3 aromatic rings. The molecular weight excluding hydrogens is 686 g/mol. The number of aliphatic carboxylic acids is 1. The number of aromatic hydroxyl groups is 1. The van der Waals surface area contributed by atoms with Crippen molar-refractivity contribution >= 4 is 49.6 Å². The maximum atomic E-state index is 13.3. The Labute approximate surface area is 267 Å². The minimum atomic E-state index is -1.31. The van der Waals surface area contributed by atoms with Gasteiger partial charge in [-0.25, -0.2) is 4.79 Å². The average Bonchev–Trinajstić information content (AvgIpc) is 2.97. The number of carboxylic acids is 1. The van der Waals surface area contributed by atoms with Crippen LogP contribution in [0.25, 0.3) is 0 Å². The van der Waals surface area contributed by atoms with Gasteiger partial charge in [-0.2, -0.15) is 0 Å². The lowest BCUT2D eigenvalue weighted by atomic mass is 10.0. The number of amides is 2. The summed E-state index contributed by atoms with van der Waals surface area (Å²) in [5.74, 6) is -2.19. The Balaban J connectivity index is 0.00000248. The fourth-order valence-electron chi connectivity index (χ4n) is 4.34. The molecule has 3 aromatic carbocycles. The van der Waals surface area contributed by atoms with Crippen molar-refractivity contribution in [2.75, 3.05) is 6.61 Å². The minimum Gasteiger partial charge on any atom is -0.504 e. The second kappa shape index (κ2) is 15.9. The number of benzene rings is 3. The predicted molar refractivity (Wildman–Crippen MR) is 169 cm³/mol. The average molecular weight is 721 g/mol. The number of hydrogen-bond acceptors (Lipinski definition) is 7. The first-order chi connectivity index (χ1) is 20.5. The van der Waals surface area contributed by atoms with Gasteiger partial charge in [0.25, 0.3) is 0 Å². The fourth-order valence-corrected chi connectivity index (χ4v) is 5.78. The Morgan fingerprint density at radius 3 is 2.26 bits per heavy atom. The van der Waals surface area contributed by atoms with Gasteiger partial charge in [-0.05, 0) is 85.7 Å². The third kappa shape index (κ3) is 9.27. The number of nitrogens with one attached hydrogen (secondary N) is 2. The van der Waals surface area contributed by atoms with Crippen molar-refractivity contribution in [3.8, 4) is 17.2 Å². The summed E-state index contributed by atoms with van der Waals surface area (Å²) in [4.78, 5) is 38.5. The van der Waals surface area contributed by atoms with Crippen molar-refractivity contribution in [2.24, 2.45) is 5.73 Å². The number of carbonyl (C=O) groups excluding carboxylic acids is 2. The SMILES string of the molecule is CC.Cc1cc2cc(c1O)Oc1c(Br)cc(cc1Br)CC(C(=O)O)NC(=O)C(COCc1ccccc1)NC(=O)C(N)C2. The summed E-state index contributed by atoms with van der Waals surface area (Å²) >= 11 is 6.92. The van der Waals surface area contributed by atoms with Crippen molar-refractivity contribution < 1.29 is 34.1 Å². The number of halogens is 2. The molecule has 0 aromatic heterocycles. The van der Waals surface area contributed by atoms with Gasteiger partial charge < -0.3 is 36.1 Å². The first kappa shape index (κ1) is 34.0. The van der Waals surface area contributed by atoms with E-state index < -0.39 is 35.9 Å². The number of fused-ring (bicyclic) bond motifs is 10. The first-order valence-electron chi connectivity index (χ1n) is 13.7. The molecule has 230 valence electrons. The molecule has 0 aliphatic carbocycles. The highest BCUT2D eigenvalue weighted by atomic mass is 79.9. The molecule has 2 aliphatic heterocycles. The molecule has 2 aliphatic rings. The summed E-state index contributed by atoms with van der Waals surface area (Å²) in [6.07, 6.45) is 0.00496. The highest BCUT2D eigenvalue weighted by Crippen LogP contribution is 2.42. The Bertz CT molecular complexity index is 1430. The lowest BCUT2D eigenvalue weighted by molar-refractivity contribution is -0.142. The van der Waals surface area contributed by atoms with Crippen LogP contribution in [0.4, 0.5) is 0 Å². The molecule has 3 atom stereocenters. The van der Waals surface area contributed by atoms with Crippen LogP contribution in [0.2, 0.25) is 0 Å². The molecule has 43 heavy (non-hydrogen) atoms. The molecule has 6 N–H and O–H groups in total. The van der Waals surface area contributed by atoms with Gasteiger partial charge in [0.1, 0.15) is 12.1 Å². The van der Waals surface area contributed by atoms with Crippen LogP contribution in [0, 0.1) is 6.92 Å². The maximum Gasteiger partial charge on any atom is 0.326 e. The summed E-state index contributed by atoms with van der Waals surface area (Å²) in [5, 5.41) is 25.7. The molecule has 0 spiro atoms. The number of carboxylic acid groups (broad SMARTS) is 1. The predicted octanol–water partition coefficient (Wildman–Crippen LogP) is 4.74. The third-order valence-electron chi connectivity index (χ3n) is 6.47. The van der Waals surface area contributed by atoms with Crippen molar-refractivity contribution in [1.82, 2.24) is 10.6 Å². The van der Waals surface area contributed by atoms with E-state index in [9.17, 15) is 24.6 Å². The molecule has 2 heterocycles. The van der Waals surface area contributed by atoms with E-state index in [0.717, 1.165) is 5.56 Å². The van der Waals surface area contributed by atoms with E-state index >= 15 is 0 Å². The number of nitrogens with two attached hydrogens (primary N) is 1. The maximum absolute atomic E-state index is 13.3. The number of ether oxygens (including phenoxy) is 2. The molecule has 0 fully saturated rings. The van der Waals surface area contributed by atoms with Crippen LogP contribution in [-0.4, -0.2) is 52.7 Å². The van der Waals surface area contributed by atoms with Crippen molar-refractivity contribution in [2.45, 2.75) is 58.3 Å². The van der Waals surface area contributed by atoms with E-state index in [0.29, 0.717) is 31.4 Å². The molecule has 3 unspecified atom stereocenters. The quantitative estimate of drug-likeness (QED) is 0.253. The topological polar surface area (TPSA) is 160 Å². The Hall–Kier alpha value is -3.45. The zero-order valence-electron chi connectivity index (χ0n) is 24.0. The molecule has 0 radical (unpaired) electrons. The van der Waals surface area contributed by atoms with Crippen LogP contribution in [0.3, 0.4) is 0 Å². The molecule has 0 saturated carbocycles. The van der Waals surface area contributed by atoms with Crippen LogP contribution in [-0.2, 0) is 38.6 Å². The second-order valence-corrected chi connectivity index (χ2v) is 11.4. The van der Waals surface area contributed by atoms with Crippen molar-refractivity contribution in [1.29, 1.82) is 0 Å². The van der Waals surface area contributed by atoms with E-state index in [2.05, 4.69) is 42.5 Å². The number of phenolic OH excluding ortho intramolecular Hbond substituents is 1. The molecule has 2 amide bonds. The highest BCUT2D eigenvalue weighted by Gasteiger charge is 2.29. The fraction of sp³-hybridized carbons (Fsp3) is 0.323. The summed E-state index contributed by atoms with van der Waals surface area (Å²) in [6.45, 7) is 5.66. The number of rotatable bonds is 5. The Morgan fingerprint density at radius 2 is 1.63 bits per heavy atom. The zero-order valence-corrected chi connectivity index (χ0v) is 27.2. The summed E-state index contributed by atoms with van der Waals surface area (Å²) < 4.78 is 12.7.